The van der Waals surface area contributed by atoms with Crippen LogP contribution in [0.25, 0.3) is 0 Å². The van der Waals surface area contributed by atoms with Gasteiger partial charge in [-0.2, -0.15) is 0 Å². The monoisotopic (exact) mass is 491 g/mol. The van der Waals surface area contributed by atoms with Gasteiger partial charge in [0.2, 0.25) is 0 Å². The number of aliphatic imine (C=N–C) groups is 1. The maximum Gasteiger partial charge on any atom is 0.134 e. The van der Waals surface area contributed by atoms with Crippen LogP contribution in [0.5, 0.6) is 5.75 Å². The van der Waals surface area contributed by atoms with Gasteiger partial charge in [-0.05, 0) is 82.0 Å². The molecule has 0 saturated carbocycles. The highest BCUT2D eigenvalue weighted by Gasteiger charge is 2.03. The van der Waals surface area contributed by atoms with Crippen LogP contribution in [0, 0.1) is 6.92 Å². The molecule has 0 aromatic heterocycles. The zero-order chi connectivity index (χ0) is 18.5. The SMILES string of the molecule is Cc1ccc(N=Cc2ccc(OCc3ccc(Br)cc3)c(Br)c2)cc1Cl. The summed E-state index contributed by atoms with van der Waals surface area (Å²) in [5.74, 6) is 0.795. The standard InChI is InChI=1S/C21H16Br2ClNO/c1-14-2-8-18(11-20(14)24)25-12-16-5-9-21(19(23)10-16)26-13-15-3-6-17(22)7-4-15/h2-12H,13H2,1H3. The number of benzene rings is 3. The van der Waals surface area contributed by atoms with Gasteiger partial charge in [-0.1, -0.05) is 45.7 Å². The highest BCUT2D eigenvalue weighted by Crippen LogP contribution is 2.27. The van der Waals surface area contributed by atoms with Crippen molar-refractivity contribution in [2.75, 3.05) is 0 Å². The maximum atomic E-state index is 6.13. The van der Waals surface area contributed by atoms with Crippen molar-refractivity contribution in [3.05, 3.63) is 91.3 Å². The Labute approximate surface area is 175 Å². The van der Waals surface area contributed by atoms with E-state index in [0.29, 0.717) is 6.61 Å². The minimum atomic E-state index is 0.515. The van der Waals surface area contributed by atoms with Crippen LogP contribution in [-0.4, -0.2) is 6.21 Å². The Morgan fingerprint density at radius 3 is 2.46 bits per heavy atom. The fourth-order valence-corrected chi connectivity index (χ4v) is 3.22. The molecule has 5 heteroatoms. The summed E-state index contributed by atoms with van der Waals surface area (Å²) >= 11 is 13.1. The normalized spacial score (nSPS) is 11.1. The topological polar surface area (TPSA) is 21.6 Å². The molecule has 0 unspecified atom stereocenters. The van der Waals surface area contributed by atoms with Crippen molar-refractivity contribution in [1.82, 2.24) is 0 Å². The molecule has 0 N–H and O–H groups in total. The van der Waals surface area contributed by atoms with E-state index in [9.17, 15) is 0 Å². The molecule has 0 heterocycles. The van der Waals surface area contributed by atoms with E-state index in [0.717, 1.165) is 42.1 Å². The van der Waals surface area contributed by atoms with E-state index in [1.165, 1.54) is 0 Å². The summed E-state index contributed by atoms with van der Waals surface area (Å²) < 4.78 is 7.83. The van der Waals surface area contributed by atoms with Crippen molar-refractivity contribution in [2.45, 2.75) is 13.5 Å². The number of nitrogens with zero attached hydrogens (tertiary/aromatic N) is 1. The molecule has 3 rings (SSSR count). The molecule has 3 aromatic carbocycles. The van der Waals surface area contributed by atoms with E-state index >= 15 is 0 Å². The van der Waals surface area contributed by atoms with Gasteiger partial charge < -0.3 is 4.74 Å². The van der Waals surface area contributed by atoms with Crippen LogP contribution in [0.15, 0.2) is 74.6 Å². The molecule has 0 radical (unpaired) electrons. The second kappa shape index (κ2) is 8.85. The molecule has 26 heavy (non-hydrogen) atoms. The molecule has 0 bridgehead atoms. The van der Waals surface area contributed by atoms with Gasteiger partial charge in [-0.25, -0.2) is 0 Å². The van der Waals surface area contributed by atoms with Gasteiger partial charge in [0, 0.05) is 15.7 Å². The molecule has 2 nitrogen and oxygen atoms in total. The summed E-state index contributed by atoms with van der Waals surface area (Å²) in [5, 5.41) is 0.720. The van der Waals surface area contributed by atoms with Crippen molar-refractivity contribution in [1.29, 1.82) is 0 Å². The summed E-state index contributed by atoms with van der Waals surface area (Å²) in [4.78, 5) is 4.48. The molecular formula is C21H16Br2ClNO. The van der Waals surface area contributed by atoms with Crippen LogP contribution in [0.2, 0.25) is 5.02 Å². The summed E-state index contributed by atoms with van der Waals surface area (Å²) in [5.41, 5.74) is 3.96. The smallest absolute Gasteiger partial charge is 0.134 e. The van der Waals surface area contributed by atoms with E-state index in [1.54, 1.807) is 0 Å². The van der Waals surface area contributed by atoms with Crippen molar-refractivity contribution in [3.8, 4) is 5.75 Å². The molecule has 0 saturated heterocycles. The lowest BCUT2D eigenvalue weighted by Crippen LogP contribution is -1.96. The lowest BCUT2D eigenvalue weighted by molar-refractivity contribution is 0.304. The van der Waals surface area contributed by atoms with Gasteiger partial charge in [0.1, 0.15) is 12.4 Å². The minimum Gasteiger partial charge on any atom is -0.488 e. The van der Waals surface area contributed by atoms with Gasteiger partial charge in [-0.3, -0.25) is 4.99 Å². The summed E-state index contributed by atoms with van der Waals surface area (Å²) in [7, 11) is 0. The Kier molecular flexibility index (Phi) is 6.52. The number of halogens is 3. The molecule has 0 amide bonds. The first-order valence-corrected chi connectivity index (χ1v) is 9.95. The van der Waals surface area contributed by atoms with Crippen molar-refractivity contribution < 1.29 is 4.74 Å². The van der Waals surface area contributed by atoms with Crippen LogP contribution in [0.1, 0.15) is 16.7 Å². The van der Waals surface area contributed by atoms with Crippen molar-refractivity contribution >= 4 is 55.4 Å². The summed E-state index contributed by atoms with van der Waals surface area (Å²) in [6.45, 7) is 2.49. The van der Waals surface area contributed by atoms with E-state index in [2.05, 4.69) is 36.9 Å². The fraction of sp³-hybridized carbons (Fsp3) is 0.0952. The maximum absolute atomic E-state index is 6.13. The minimum absolute atomic E-state index is 0.515. The lowest BCUT2D eigenvalue weighted by atomic mass is 10.2. The molecule has 0 aliphatic heterocycles. The quantitative estimate of drug-likeness (QED) is 0.337. The molecule has 0 aliphatic rings. The third-order valence-electron chi connectivity index (χ3n) is 3.78. The van der Waals surface area contributed by atoms with Crippen LogP contribution in [0.3, 0.4) is 0 Å². The second-order valence-electron chi connectivity index (χ2n) is 5.80. The van der Waals surface area contributed by atoms with Crippen molar-refractivity contribution in [2.24, 2.45) is 4.99 Å². The third kappa shape index (κ3) is 5.19. The summed E-state index contributed by atoms with van der Waals surface area (Å²) in [6, 6.07) is 19.7. The van der Waals surface area contributed by atoms with Gasteiger partial charge >= 0.3 is 0 Å². The molecule has 0 spiro atoms. The van der Waals surface area contributed by atoms with Crippen LogP contribution < -0.4 is 4.74 Å². The number of hydrogen-bond acceptors (Lipinski definition) is 2. The Morgan fingerprint density at radius 2 is 1.77 bits per heavy atom. The van der Waals surface area contributed by atoms with Crippen LogP contribution >= 0.6 is 43.5 Å². The van der Waals surface area contributed by atoms with E-state index in [4.69, 9.17) is 16.3 Å². The predicted octanol–water partition coefficient (Wildman–Crippen LogP) is 7.50. The molecule has 0 aliphatic carbocycles. The first-order valence-electron chi connectivity index (χ1n) is 7.98. The van der Waals surface area contributed by atoms with Crippen molar-refractivity contribution in [3.63, 3.8) is 0 Å². The van der Waals surface area contributed by atoms with E-state index < -0.39 is 0 Å². The molecule has 132 valence electrons. The Morgan fingerprint density at radius 1 is 1.00 bits per heavy atom. The third-order valence-corrected chi connectivity index (χ3v) is 5.34. The lowest BCUT2D eigenvalue weighted by Gasteiger charge is -2.09. The summed E-state index contributed by atoms with van der Waals surface area (Å²) in [6.07, 6.45) is 1.81. The van der Waals surface area contributed by atoms with E-state index in [-0.39, 0.29) is 0 Å². The zero-order valence-electron chi connectivity index (χ0n) is 14.0. The largest absolute Gasteiger partial charge is 0.488 e. The zero-order valence-corrected chi connectivity index (χ0v) is 18.0. The van der Waals surface area contributed by atoms with E-state index in [1.807, 2.05) is 73.8 Å². The molecular weight excluding hydrogens is 477 g/mol. The number of rotatable bonds is 5. The van der Waals surface area contributed by atoms with Gasteiger partial charge in [0.15, 0.2) is 0 Å². The molecule has 3 aromatic rings. The molecule has 0 atom stereocenters. The van der Waals surface area contributed by atoms with Crippen LogP contribution in [-0.2, 0) is 6.61 Å². The second-order valence-corrected chi connectivity index (χ2v) is 7.97. The highest BCUT2D eigenvalue weighted by molar-refractivity contribution is 9.10. The average molecular weight is 494 g/mol. The number of aryl methyl sites for hydroxylation is 1. The Balaban J connectivity index is 1.67. The fourth-order valence-electron chi connectivity index (χ4n) is 2.27. The van der Waals surface area contributed by atoms with Gasteiger partial charge in [0.05, 0.1) is 10.2 Å². The number of ether oxygens (including phenoxy) is 1. The number of hydrogen-bond donors (Lipinski definition) is 0. The first kappa shape index (κ1) is 19.2. The average Bonchev–Trinajstić information content (AvgIpc) is 2.63. The Hall–Kier alpha value is -1.62. The Bertz CT molecular complexity index is 939. The predicted molar refractivity (Wildman–Crippen MR) is 116 cm³/mol. The van der Waals surface area contributed by atoms with Gasteiger partial charge in [-0.15, -0.1) is 0 Å². The first-order chi connectivity index (χ1) is 12.5. The molecule has 0 fully saturated rings. The van der Waals surface area contributed by atoms with Gasteiger partial charge in [0.25, 0.3) is 0 Å². The highest BCUT2D eigenvalue weighted by atomic mass is 79.9. The van der Waals surface area contributed by atoms with Crippen LogP contribution in [0.4, 0.5) is 5.69 Å².